The largest absolute Gasteiger partial charge is 0.375 e. The van der Waals surface area contributed by atoms with Crippen molar-refractivity contribution in [1.82, 2.24) is 20.0 Å². The molecule has 3 saturated heterocycles. The molecule has 162 valence electrons. The van der Waals surface area contributed by atoms with Gasteiger partial charge in [-0.1, -0.05) is 36.4 Å². The molecule has 3 aliphatic rings. The van der Waals surface area contributed by atoms with Gasteiger partial charge in [0.05, 0.1) is 5.69 Å². The third-order valence-corrected chi connectivity index (χ3v) is 7.03. The molecule has 2 aromatic carbocycles. The number of nitrogens with zero attached hydrogens (tertiary/aromatic N) is 3. The molecule has 2 bridgehead atoms. The fourth-order valence-electron chi connectivity index (χ4n) is 5.42. The van der Waals surface area contributed by atoms with E-state index in [4.69, 9.17) is 9.84 Å². The first-order valence-electron chi connectivity index (χ1n) is 11.1. The Morgan fingerprint density at radius 1 is 1.19 bits per heavy atom. The molecular formula is C25H30N4O2. The summed E-state index contributed by atoms with van der Waals surface area (Å²) in [6.07, 6.45) is 2.33. The molecule has 3 aliphatic heterocycles. The van der Waals surface area contributed by atoms with Crippen LogP contribution in [0.1, 0.15) is 24.5 Å². The summed E-state index contributed by atoms with van der Waals surface area (Å²) in [5.74, 6) is 1.09. The van der Waals surface area contributed by atoms with Crippen molar-refractivity contribution in [1.29, 1.82) is 0 Å². The Hall–Kier alpha value is -2.70. The highest BCUT2D eigenvalue weighted by Crippen LogP contribution is 2.42. The number of methoxy groups -OCH3 is 1. The SMILES string of the molecule is COCC(=O)NCC1CC2CCN1CC2c1cc(-c2ccc3ccccc3c2)nn1C. The molecule has 4 atom stereocenters. The van der Waals surface area contributed by atoms with E-state index >= 15 is 0 Å². The Balaban J connectivity index is 1.32. The van der Waals surface area contributed by atoms with Crippen LogP contribution in [0, 0.1) is 5.92 Å². The molecule has 4 unspecified atom stereocenters. The smallest absolute Gasteiger partial charge is 0.246 e. The number of ether oxygens (including phenoxy) is 1. The molecule has 6 nitrogen and oxygen atoms in total. The molecule has 4 heterocycles. The van der Waals surface area contributed by atoms with Gasteiger partial charge in [-0.15, -0.1) is 0 Å². The minimum atomic E-state index is -0.0339. The monoisotopic (exact) mass is 418 g/mol. The second-order valence-corrected chi connectivity index (χ2v) is 8.92. The lowest BCUT2D eigenvalue weighted by molar-refractivity contribution is -0.125. The van der Waals surface area contributed by atoms with Gasteiger partial charge in [-0.3, -0.25) is 14.4 Å². The van der Waals surface area contributed by atoms with Gasteiger partial charge in [-0.25, -0.2) is 0 Å². The summed E-state index contributed by atoms with van der Waals surface area (Å²) in [6, 6.07) is 17.7. The summed E-state index contributed by atoms with van der Waals surface area (Å²) < 4.78 is 7.00. The Morgan fingerprint density at radius 3 is 2.81 bits per heavy atom. The summed E-state index contributed by atoms with van der Waals surface area (Å²) >= 11 is 0. The van der Waals surface area contributed by atoms with E-state index < -0.39 is 0 Å². The molecule has 0 saturated carbocycles. The van der Waals surface area contributed by atoms with Gasteiger partial charge in [0, 0.05) is 50.5 Å². The summed E-state index contributed by atoms with van der Waals surface area (Å²) in [4.78, 5) is 14.3. The highest BCUT2D eigenvalue weighted by atomic mass is 16.5. The number of hydrogen-bond acceptors (Lipinski definition) is 4. The normalized spacial score (nSPS) is 25.1. The van der Waals surface area contributed by atoms with E-state index in [1.807, 2.05) is 0 Å². The number of nitrogens with one attached hydrogen (secondary N) is 1. The summed E-state index contributed by atoms with van der Waals surface area (Å²) in [5, 5.41) is 10.4. The molecule has 6 heteroatoms. The van der Waals surface area contributed by atoms with E-state index in [-0.39, 0.29) is 12.5 Å². The predicted octanol–water partition coefficient (Wildman–Crippen LogP) is 3.18. The molecule has 3 aromatic rings. The quantitative estimate of drug-likeness (QED) is 0.668. The number of hydrogen-bond donors (Lipinski definition) is 1. The molecule has 0 aliphatic carbocycles. The Morgan fingerprint density at radius 2 is 2.03 bits per heavy atom. The first-order valence-corrected chi connectivity index (χ1v) is 11.1. The number of benzene rings is 2. The van der Waals surface area contributed by atoms with Gasteiger partial charge in [0.2, 0.25) is 5.91 Å². The van der Waals surface area contributed by atoms with Crippen LogP contribution in [0.3, 0.4) is 0 Å². The van der Waals surface area contributed by atoms with E-state index in [2.05, 4.69) is 70.5 Å². The van der Waals surface area contributed by atoms with E-state index in [0.29, 0.717) is 24.4 Å². The zero-order chi connectivity index (χ0) is 21.4. The van der Waals surface area contributed by atoms with E-state index in [0.717, 1.165) is 25.2 Å². The van der Waals surface area contributed by atoms with Crippen LogP contribution in [0.4, 0.5) is 0 Å². The zero-order valence-electron chi connectivity index (χ0n) is 18.3. The molecule has 1 N–H and O–H groups in total. The van der Waals surface area contributed by atoms with Crippen LogP contribution in [0.15, 0.2) is 48.5 Å². The number of rotatable bonds is 6. The van der Waals surface area contributed by atoms with Crippen molar-refractivity contribution in [2.75, 3.05) is 33.4 Å². The molecule has 3 fully saturated rings. The number of carbonyl (C=O) groups excluding carboxylic acids is 1. The Kier molecular flexibility index (Phi) is 5.50. The van der Waals surface area contributed by atoms with Gasteiger partial charge in [0.1, 0.15) is 6.61 Å². The molecule has 0 spiro atoms. The van der Waals surface area contributed by atoms with Gasteiger partial charge in [-0.2, -0.15) is 5.10 Å². The van der Waals surface area contributed by atoms with Gasteiger partial charge in [0.15, 0.2) is 0 Å². The van der Waals surface area contributed by atoms with Crippen molar-refractivity contribution in [2.24, 2.45) is 13.0 Å². The Bertz CT molecular complexity index is 1090. The zero-order valence-corrected chi connectivity index (χ0v) is 18.3. The molecular weight excluding hydrogens is 388 g/mol. The van der Waals surface area contributed by atoms with Crippen LogP contribution >= 0.6 is 0 Å². The second kappa shape index (κ2) is 8.44. The van der Waals surface area contributed by atoms with Crippen molar-refractivity contribution in [3.63, 3.8) is 0 Å². The predicted molar refractivity (Wildman–Crippen MR) is 122 cm³/mol. The van der Waals surface area contributed by atoms with Crippen LogP contribution in [0.25, 0.3) is 22.0 Å². The highest BCUT2D eigenvalue weighted by Gasteiger charge is 2.41. The van der Waals surface area contributed by atoms with Crippen LogP contribution in [-0.2, 0) is 16.6 Å². The van der Waals surface area contributed by atoms with Crippen molar-refractivity contribution >= 4 is 16.7 Å². The topological polar surface area (TPSA) is 59.4 Å². The number of aromatic nitrogens is 2. The maximum atomic E-state index is 11.8. The van der Waals surface area contributed by atoms with Gasteiger partial charge in [0.25, 0.3) is 0 Å². The standard InChI is InChI=1S/C25H30N4O2/c1-28-24(13-23(27-28)20-8-7-17-5-3-4-6-18(17)11-20)22-15-29-10-9-19(22)12-21(29)14-26-25(30)16-31-2/h3-8,11,13,19,21-22H,9-10,12,14-16H2,1-2H3,(H,26,30). The van der Waals surface area contributed by atoms with Crippen LogP contribution in [-0.4, -0.2) is 60.0 Å². The third kappa shape index (κ3) is 3.98. The average molecular weight is 419 g/mol. The molecule has 1 aromatic heterocycles. The van der Waals surface area contributed by atoms with Gasteiger partial charge >= 0.3 is 0 Å². The number of aryl methyl sites for hydroxylation is 1. The number of piperidine rings is 3. The lowest BCUT2D eigenvalue weighted by Gasteiger charge is -2.50. The Labute approximate surface area is 183 Å². The minimum Gasteiger partial charge on any atom is -0.375 e. The average Bonchev–Trinajstić information content (AvgIpc) is 3.19. The van der Waals surface area contributed by atoms with Crippen LogP contribution in [0.2, 0.25) is 0 Å². The van der Waals surface area contributed by atoms with E-state index in [9.17, 15) is 4.79 Å². The first kappa shape index (κ1) is 20.2. The van der Waals surface area contributed by atoms with Gasteiger partial charge < -0.3 is 10.1 Å². The molecule has 0 radical (unpaired) electrons. The summed E-state index contributed by atoms with van der Waals surface area (Å²) in [5.41, 5.74) is 3.53. The number of carbonyl (C=O) groups is 1. The lowest BCUT2D eigenvalue weighted by Crippen LogP contribution is -2.56. The van der Waals surface area contributed by atoms with Crippen molar-refractivity contribution in [3.05, 3.63) is 54.2 Å². The van der Waals surface area contributed by atoms with Crippen molar-refractivity contribution in [3.8, 4) is 11.3 Å². The highest BCUT2D eigenvalue weighted by molar-refractivity contribution is 5.86. The van der Waals surface area contributed by atoms with E-state index in [1.165, 1.54) is 28.5 Å². The number of amides is 1. The van der Waals surface area contributed by atoms with Crippen LogP contribution in [0.5, 0.6) is 0 Å². The van der Waals surface area contributed by atoms with E-state index in [1.54, 1.807) is 7.11 Å². The molecule has 1 amide bonds. The number of fused-ring (bicyclic) bond motifs is 4. The van der Waals surface area contributed by atoms with Crippen molar-refractivity contribution in [2.45, 2.75) is 24.8 Å². The second-order valence-electron chi connectivity index (χ2n) is 8.92. The first-order chi connectivity index (χ1) is 15.1. The summed E-state index contributed by atoms with van der Waals surface area (Å²) in [7, 11) is 3.62. The van der Waals surface area contributed by atoms with Gasteiger partial charge in [-0.05, 0) is 48.2 Å². The minimum absolute atomic E-state index is 0.0339. The maximum absolute atomic E-state index is 11.8. The maximum Gasteiger partial charge on any atom is 0.246 e. The third-order valence-electron chi connectivity index (χ3n) is 7.03. The molecule has 31 heavy (non-hydrogen) atoms. The van der Waals surface area contributed by atoms with Crippen LogP contribution < -0.4 is 5.32 Å². The fourth-order valence-corrected chi connectivity index (χ4v) is 5.42. The molecule has 6 rings (SSSR count). The lowest BCUT2D eigenvalue weighted by atomic mass is 9.74. The van der Waals surface area contributed by atoms with Crippen molar-refractivity contribution < 1.29 is 9.53 Å². The fraction of sp³-hybridized carbons (Fsp3) is 0.440. The summed E-state index contributed by atoms with van der Waals surface area (Å²) in [6.45, 7) is 2.98.